The van der Waals surface area contributed by atoms with E-state index in [0.717, 1.165) is 25.1 Å². The van der Waals surface area contributed by atoms with Gasteiger partial charge in [0.15, 0.2) is 0 Å². The van der Waals surface area contributed by atoms with Crippen LogP contribution in [-0.4, -0.2) is 73.5 Å². The van der Waals surface area contributed by atoms with Gasteiger partial charge < -0.3 is 4.74 Å². The Labute approximate surface area is 206 Å². The SMILES string of the molecule is CN1C2CCCC1c1n[nH]nc1C2.COc1ccc(Cn2nnc3c2CC2CCCC3N2C)cc1. The Morgan fingerprint density at radius 2 is 1.57 bits per heavy atom. The number of hydrogen-bond donors (Lipinski definition) is 1. The summed E-state index contributed by atoms with van der Waals surface area (Å²) in [6.07, 6.45) is 9.87. The van der Waals surface area contributed by atoms with Gasteiger partial charge in [-0.15, -0.1) is 5.10 Å². The molecular weight excluding hydrogens is 440 g/mol. The van der Waals surface area contributed by atoms with E-state index in [4.69, 9.17) is 4.74 Å². The first-order chi connectivity index (χ1) is 17.1. The molecule has 7 rings (SSSR count). The number of ether oxygens (including phenoxy) is 1. The topological polar surface area (TPSA) is 88.0 Å². The van der Waals surface area contributed by atoms with Crippen molar-refractivity contribution in [2.75, 3.05) is 21.2 Å². The number of piperidine rings is 2. The first-order valence-electron chi connectivity index (χ1n) is 13.0. The lowest BCUT2D eigenvalue weighted by Gasteiger charge is -2.42. The van der Waals surface area contributed by atoms with Gasteiger partial charge in [-0.25, -0.2) is 4.68 Å². The lowest BCUT2D eigenvalue weighted by molar-refractivity contribution is 0.0953. The minimum absolute atomic E-state index is 0.465. The summed E-state index contributed by atoms with van der Waals surface area (Å²) < 4.78 is 7.31. The van der Waals surface area contributed by atoms with Gasteiger partial charge >= 0.3 is 0 Å². The average molecular weight is 477 g/mol. The summed E-state index contributed by atoms with van der Waals surface area (Å²) in [4.78, 5) is 4.96. The number of fused-ring (bicyclic) bond motifs is 8. The van der Waals surface area contributed by atoms with Gasteiger partial charge in [0.2, 0.25) is 0 Å². The highest BCUT2D eigenvalue weighted by molar-refractivity contribution is 5.28. The molecule has 186 valence electrons. The number of nitrogens with zero attached hydrogens (tertiary/aromatic N) is 7. The molecule has 0 aliphatic carbocycles. The Morgan fingerprint density at radius 3 is 2.29 bits per heavy atom. The number of rotatable bonds is 3. The molecule has 0 saturated carbocycles. The zero-order valence-corrected chi connectivity index (χ0v) is 21.0. The van der Waals surface area contributed by atoms with Crippen LogP contribution in [0.25, 0.3) is 0 Å². The summed E-state index contributed by atoms with van der Waals surface area (Å²) >= 11 is 0. The maximum atomic E-state index is 5.22. The Hall–Kier alpha value is -2.78. The molecule has 2 saturated heterocycles. The molecule has 1 N–H and O–H groups in total. The fourth-order valence-corrected chi connectivity index (χ4v) is 6.54. The molecule has 6 heterocycles. The predicted molar refractivity (Wildman–Crippen MR) is 132 cm³/mol. The number of methoxy groups -OCH3 is 1. The number of aromatic amines is 1. The maximum absolute atomic E-state index is 5.22. The van der Waals surface area contributed by atoms with Crippen molar-refractivity contribution in [3.05, 3.63) is 52.6 Å². The van der Waals surface area contributed by atoms with Crippen LogP contribution < -0.4 is 4.74 Å². The quantitative estimate of drug-likeness (QED) is 0.620. The predicted octanol–water partition coefficient (Wildman–Crippen LogP) is 3.30. The third-order valence-electron chi connectivity index (χ3n) is 8.66. The van der Waals surface area contributed by atoms with Gasteiger partial charge in [-0.1, -0.05) is 17.3 Å². The molecule has 2 aromatic heterocycles. The number of likely N-dealkylation sites (N-methyl/N-ethyl adjacent to an activating group) is 2. The van der Waals surface area contributed by atoms with Crippen LogP contribution in [-0.2, 0) is 19.4 Å². The second-order valence-corrected chi connectivity index (χ2v) is 10.5. The second-order valence-electron chi connectivity index (χ2n) is 10.5. The first kappa shape index (κ1) is 22.7. The molecule has 9 heteroatoms. The van der Waals surface area contributed by atoms with E-state index in [0.29, 0.717) is 24.2 Å². The summed E-state index contributed by atoms with van der Waals surface area (Å²) in [6.45, 7) is 0.787. The molecule has 35 heavy (non-hydrogen) atoms. The van der Waals surface area contributed by atoms with Gasteiger partial charge in [-0.3, -0.25) is 9.80 Å². The highest BCUT2D eigenvalue weighted by atomic mass is 16.5. The molecule has 3 aromatic rings. The summed E-state index contributed by atoms with van der Waals surface area (Å²) in [5.74, 6) is 0.889. The molecular formula is C26H36N8O. The molecule has 4 aliphatic rings. The standard InChI is InChI=1S/C17H22N4O.C9H14N4/c1-20-13-4-3-5-15(20)17-16(10-13)21(19-18-17)11-12-6-8-14(22-2)9-7-12;1-13-6-3-2-4-8(13)9-7(5-6)10-12-11-9/h6-9,13,15H,3-5,10-11H2,1-2H3;6,8H,2-5H2,1H3,(H,10,11,12). The third kappa shape index (κ3) is 4.14. The number of H-pyrrole nitrogens is 1. The largest absolute Gasteiger partial charge is 0.497 e. The van der Waals surface area contributed by atoms with Crippen molar-refractivity contribution >= 4 is 0 Å². The molecule has 2 fully saturated rings. The molecule has 0 spiro atoms. The number of aromatic nitrogens is 6. The summed E-state index contributed by atoms with van der Waals surface area (Å²) in [7, 11) is 6.14. The van der Waals surface area contributed by atoms with Gasteiger partial charge in [0.05, 0.1) is 37.1 Å². The van der Waals surface area contributed by atoms with Crippen molar-refractivity contribution in [3.8, 4) is 5.75 Å². The Kier molecular flexibility index (Phi) is 6.06. The van der Waals surface area contributed by atoms with E-state index in [1.807, 2.05) is 12.1 Å². The van der Waals surface area contributed by atoms with E-state index in [1.165, 1.54) is 66.9 Å². The Bertz CT molecular complexity index is 1150. The van der Waals surface area contributed by atoms with E-state index >= 15 is 0 Å². The highest BCUT2D eigenvalue weighted by Gasteiger charge is 2.39. The zero-order valence-electron chi connectivity index (χ0n) is 21.0. The average Bonchev–Trinajstić information content (AvgIpc) is 3.47. The van der Waals surface area contributed by atoms with Crippen molar-refractivity contribution in [3.63, 3.8) is 0 Å². The molecule has 0 radical (unpaired) electrons. The molecule has 4 bridgehead atoms. The van der Waals surface area contributed by atoms with E-state index < -0.39 is 0 Å². The number of benzene rings is 1. The van der Waals surface area contributed by atoms with Gasteiger partial charge in [0.25, 0.3) is 0 Å². The van der Waals surface area contributed by atoms with Crippen LogP contribution in [0.5, 0.6) is 5.75 Å². The lowest BCUT2D eigenvalue weighted by atomic mass is 9.85. The van der Waals surface area contributed by atoms with Crippen LogP contribution >= 0.6 is 0 Å². The van der Waals surface area contributed by atoms with Gasteiger partial charge in [0, 0.05) is 24.9 Å². The molecule has 4 unspecified atom stereocenters. The monoisotopic (exact) mass is 476 g/mol. The molecule has 9 nitrogen and oxygen atoms in total. The van der Waals surface area contributed by atoms with Gasteiger partial charge in [-0.05, 0) is 70.3 Å². The van der Waals surface area contributed by atoms with Crippen molar-refractivity contribution in [2.24, 2.45) is 0 Å². The van der Waals surface area contributed by atoms with Crippen LogP contribution in [0.4, 0.5) is 0 Å². The lowest BCUT2D eigenvalue weighted by Crippen LogP contribution is -2.44. The van der Waals surface area contributed by atoms with E-state index in [1.54, 1.807) is 7.11 Å². The van der Waals surface area contributed by atoms with Crippen LogP contribution in [0.3, 0.4) is 0 Å². The van der Waals surface area contributed by atoms with Crippen molar-refractivity contribution in [2.45, 2.75) is 82.1 Å². The minimum atomic E-state index is 0.465. The maximum Gasteiger partial charge on any atom is 0.118 e. The van der Waals surface area contributed by atoms with Crippen LogP contribution in [0.15, 0.2) is 24.3 Å². The van der Waals surface area contributed by atoms with E-state index in [-0.39, 0.29) is 0 Å². The van der Waals surface area contributed by atoms with Crippen molar-refractivity contribution in [1.82, 2.24) is 40.2 Å². The Morgan fingerprint density at radius 1 is 0.886 bits per heavy atom. The molecule has 1 aromatic carbocycles. The minimum Gasteiger partial charge on any atom is -0.497 e. The van der Waals surface area contributed by atoms with Crippen LogP contribution in [0.2, 0.25) is 0 Å². The smallest absolute Gasteiger partial charge is 0.118 e. The first-order valence-corrected chi connectivity index (χ1v) is 13.0. The van der Waals surface area contributed by atoms with Gasteiger partial charge in [-0.2, -0.15) is 15.4 Å². The summed E-state index contributed by atoms with van der Waals surface area (Å²) in [5.41, 5.74) is 6.17. The van der Waals surface area contributed by atoms with E-state index in [9.17, 15) is 0 Å². The zero-order chi connectivity index (χ0) is 23.9. The molecule has 4 atom stereocenters. The summed E-state index contributed by atoms with van der Waals surface area (Å²) in [5, 5.41) is 20.2. The number of nitrogens with one attached hydrogen (secondary N) is 1. The third-order valence-corrected chi connectivity index (χ3v) is 8.66. The number of hydrogen-bond acceptors (Lipinski definition) is 7. The van der Waals surface area contributed by atoms with Crippen molar-refractivity contribution < 1.29 is 4.74 Å². The molecule has 0 amide bonds. The second kappa shape index (κ2) is 9.35. The fourth-order valence-electron chi connectivity index (χ4n) is 6.54. The van der Waals surface area contributed by atoms with Crippen molar-refractivity contribution in [1.29, 1.82) is 0 Å². The fraction of sp³-hybridized carbons (Fsp3) is 0.615. The van der Waals surface area contributed by atoms with E-state index in [2.05, 4.69) is 66.4 Å². The molecule has 4 aliphatic heterocycles. The normalized spacial score (nSPS) is 27.4. The Balaban J connectivity index is 0.000000149. The highest BCUT2D eigenvalue weighted by Crippen LogP contribution is 2.40. The van der Waals surface area contributed by atoms with Crippen LogP contribution in [0.1, 0.15) is 78.9 Å². The van der Waals surface area contributed by atoms with Crippen LogP contribution in [0, 0.1) is 0 Å². The van der Waals surface area contributed by atoms with Gasteiger partial charge in [0.1, 0.15) is 17.1 Å². The summed E-state index contributed by atoms with van der Waals surface area (Å²) in [6, 6.07) is 10.6.